The van der Waals surface area contributed by atoms with Gasteiger partial charge in [0.1, 0.15) is 6.17 Å². The van der Waals surface area contributed by atoms with Crippen molar-refractivity contribution in [2.45, 2.75) is 19.2 Å². The molecule has 2 heterocycles. The smallest absolute Gasteiger partial charge is 0.130 e. The van der Waals surface area contributed by atoms with Crippen molar-refractivity contribution in [2.24, 2.45) is 0 Å². The van der Waals surface area contributed by atoms with Crippen LogP contribution in [-0.2, 0) is 0 Å². The van der Waals surface area contributed by atoms with Gasteiger partial charge in [0.05, 0.1) is 22.8 Å². The van der Waals surface area contributed by atoms with Crippen LogP contribution in [0.15, 0.2) is 69.9 Å². The Bertz CT molecular complexity index is 1020. The van der Waals surface area contributed by atoms with Crippen LogP contribution in [0.1, 0.15) is 13.1 Å². The molecule has 4 aromatic rings. The third-order valence-electron chi connectivity index (χ3n) is 4.44. The standard InChI is InChI=1S/C20H17Br2N3O/c1-12(26)20(24-15-3-2-8-23-11-15)25-18-6-4-13(21)9-16(18)17-10-14(22)5-7-19(17)25/h2-12,20,24,26H,1H3. The lowest BCUT2D eigenvalue weighted by atomic mass is 10.2. The Morgan fingerprint density at radius 1 is 1.00 bits per heavy atom. The number of hydrogen-bond acceptors (Lipinski definition) is 3. The molecule has 6 heteroatoms. The lowest BCUT2D eigenvalue weighted by Crippen LogP contribution is -2.28. The molecule has 0 aliphatic heterocycles. The van der Waals surface area contributed by atoms with E-state index in [2.05, 4.69) is 71.0 Å². The Labute approximate surface area is 168 Å². The Hall–Kier alpha value is -1.89. The molecule has 0 fully saturated rings. The minimum Gasteiger partial charge on any atom is -0.389 e. The molecule has 2 N–H and O–H groups in total. The Morgan fingerprint density at radius 3 is 2.12 bits per heavy atom. The van der Waals surface area contributed by atoms with Gasteiger partial charge >= 0.3 is 0 Å². The summed E-state index contributed by atoms with van der Waals surface area (Å²) in [5.74, 6) is 0. The van der Waals surface area contributed by atoms with Crippen LogP contribution in [0.25, 0.3) is 21.8 Å². The van der Waals surface area contributed by atoms with Gasteiger partial charge < -0.3 is 15.0 Å². The van der Waals surface area contributed by atoms with Gasteiger partial charge in [-0.1, -0.05) is 31.9 Å². The number of fused-ring (bicyclic) bond motifs is 3. The molecule has 0 aliphatic carbocycles. The number of halogens is 2. The van der Waals surface area contributed by atoms with Gasteiger partial charge in [0.25, 0.3) is 0 Å². The fraction of sp³-hybridized carbons (Fsp3) is 0.150. The van der Waals surface area contributed by atoms with E-state index in [9.17, 15) is 5.11 Å². The molecule has 4 nitrogen and oxygen atoms in total. The SMILES string of the molecule is CC(O)C(Nc1cccnc1)n1c2ccc(Br)cc2c2cc(Br)ccc21. The average molecular weight is 475 g/mol. The molecule has 2 aromatic carbocycles. The summed E-state index contributed by atoms with van der Waals surface area (Å²) in [5, 5.41) is 16.2. The first kappa shape index (κ1) is 17.5. The average Bonchev–Trinajstić information content (AvgIpc) is 2.93. The molecule has 0 spiro atoms. The quantitative estimate of drug-likeness (QED) is 0.398. The van der Waals surface area contributed by atoms with Crippen LogP contribution >= 0.6 is 31.9 Å². The lowest BCUT2D eigenvalue weighted by molar-refractivity contribution is 0.147. The molecular weight excluding hydrogens is 458 g/mol. The molecule has 0 amide bonds. The third kappa shape index (κ3) is 3.13. The summed E-state index contributed by atoms with van der Waals surface area (Å²) in [6.45, 7) is 1.80. The maximum atomic E-state index is 10.6. The summed E-state index contributed by atoms with van der Waals surface area (Å²) in [6.07, 6.45) is 2.55. The van der Waals surface area contributed by atoms with Crippen LogP contribution in [0.3, 0.4) is 0 Å². The highest BCUT2D eigenvalue weighted by Gasteiger charge is 2.22. The fourth-order valence-corrected chi connectivity index (χ4v) is 4.04. The Kier molecular flexibility index (Phi) is 4.73. The molecule has 132 valence electrons. The van der Waals surface area contributed by atoms with E-state index in [-0.39, 0.29) is 6.17 Å². The predicted molar refractivity (Wildman–Crippen MR) is 113 cm³/mol. The summed E-state index contributed by atoms with van der Waals surface area (Å²) >= 11 is 7.14. The van der Waals surface area contributed by atoms with Crippen molar-refractivity contribution >= 4 is 59.4 Å². The van der Waals surface area contributed by atoms with E-state index in [4.69, 9.17) is 0 Å². The highest BCUT2D eigenvalue weighted by Crippen LogP contribution is 2.36. The fourth-order valence-electron chi connectivity index (χ4n) is 3.32. The van der Waals surface area contributed by atoms with Gasteiger partial charge in [-0.15, -0.1) is 0 Å². The highest BCUT2D eigenvalue weighted by atomic mass is 79.9. The van der Waals surface area contributed by atoms with Crippen LogP contribution in [0.4, 0.5) is 5.69 Å². The van der Waals surface area contributed by atoms with Gasteiger partial charge in [0.15, 0.2) is 0 Å². The number of benzene rings is 2. The minimum atomic E-state index is -0.610. The molecule has 2 aromatic heterocycles. The second kappa shape index (κ2) is 7.02. The zero-order valence-electron chi connectivity index (χ0n) is 14.0. The molecule has 0 radical (unpaired) electrons. The number of nitrogens with zero attached hydrogens (tertiary/aromatic N) is 2. The van der Waals surface area contributed by atoms with Gasteiger partial charge in [-0.25, -0.2) is 0 Å². The van der Waals surface area contributed by atoms with Crippen LogP contribution < -0.4 is 5.32 Å². The molecular formula is C20H17Br2N3O. The number of pyridine rings is 1. The predicted octanol–water partition coefficient (Wildman–Crippen LogP) is 5.71. The molecule has 2 atom stereocenters. The van der Waals surface area contributed by atoms with E-state index in [0.29, 0.717) is 0 Å². The number of aromatic nitrogens is 2. The molecule has 4 rings (SSSR count). The number of anilines is 1. The van der Waals surface area contributed by atoms with Crippen LogP contribution in [-0.4, -0.2) is 20.8 Å². The van der Waals surface area contributed by atoms with Gasteiger partial charge in [-0.3, -0.25) is 4.98 Å². The van der Waals surface area contributed by atoms with Crippen LogP contribution in [0, 0.1) is 0 Å². The summed E-state index contributed by atoms with van der Waals surface area (Å²) < 4.78 is 4.21. The van der Waals surface area contributed by atoms with E-state index >= 15 is 0 Å². The third-order valence-corrected chi connectivity index (χ3v) is 5.42. The normalized spacial score (nSPS) is 13.8. The molecule has 2 unspecified atom stereocenters. The van der Waals surface area contributed by atoms with Crippen molar-refractivity contribution in [2.75, 3.05) is 5.32 Å². The number of rotatable bonds is 4. The second-order valence-electron chi connectivity index (χ2n) is 6.26. The minimum absolute atomic E-state index is 0.332. The van der Waals surface area contributed by atoms with E-state index in [1.165, 1.54) is 0 Å². The van der Waals surface area contributed by atoms with Crippen molar-refractivity contribution < 1.29 is 5.11 Å². The lowest BCUT2D eigenvalue weighted by Gasteiger charge is -2.26. The molecule has 0 aliphatic rings. The Balaban J connectivity index is 1.97. The van der Waals surface area contributed by atoms with E-state index in [1.54, 1.807) is 19.3 Å². The summed E-state index contributed by atoms with van der Waals surface area (Å²) in [4.78, 5) is 4.16. The number of hydrogen-bond donors (Lipinski definition) is 2. The van der Waals surface area contributed by atoms with Crippen molar-refractivity contribution in [1.82, 2.24) is 9.55 Å². The zero-order chi connectivity index (χ0) is 18.3. The van der Waals surface area contributed by atoms with Gasteiger partial charge in [0.2, 0.25) is 0 Å². The van der Waals surface area contributed by atoms with E-state index in [1.807, 2.05) is 24.3 Å². The largest absolute Gasteiger partial charge is 0.389 e. The van der Waals surface area contributed by atoms with Gasteiger partial charge in [0, 0.05) is 32.1 Å². The van der Waals surface area contributed by atoms with Gasteiger partial charge in [-0.05, 0) is 55.5 Å². The first-order valence-electron chi connectivity index (χ1n) is 8.28. The van der Waals surface area contributed by atoms with Crippen molar-refractivity contribution in [1.29, 1.82) is 0 Å². The maximum Gasteiger partial charge on any atom is 0.130 e. The van der Waals surface area contributed by atoms with Crippen molar-refractivity contribution in [3.63, 3.8) is 0 Å². The van der Waals surface area contributed by atoms with Crippen LogP contribution in [0.5, 0.6) is 0 Å². The number of nitrogens with one attached hydrogen (secondary N) is 1. The molecule has 0 bridgehead atoms. The maximum absolute atomic E-state index is 10.6. The first-order valence-corrected chi connectivity index (χ1v) is 9.86. The number of aliphatic hydroxyl groups excluding tert-OH is 1. The molecule has 26 heavy (non-hydrogen) atoms. The summed E-state index contributed by atoms with van der Waals surface area (Å²) in [6, 6.07) is 16.3. The highest BCUT2D eigenvalue weighted by molar-refractivity contribution is 9.10. The topological polar surface area (TPSA) is 50.1 Å². The number of aliphatic hydroxyl groups is 1. The molecule has 0 saturated carbocycles. The van der Waals surface area contributed by atoms with E-state index < -0.39 is 6.10 Å². The molecule has 0 saturated heterocycles. The summed E-state index contributed by atoms with van der Waals surface area (Å²) in [5.41, 5.74) is 2.98. The van der Waals surface area contributed by atoms with Gasteiger partial charge in [-0.2, -0.15) is 0 Å². The Morgan fingerprint density at radius 2 is 1.62 bits per heavy atom. The summed E-state index contributed by atoms with van der Waals surface area (Å²) in [7, 11) is 0. The first-order chi connectivity index (χ1) is 12.5. The zero-order valence-corrected chi connectivity index (χ0v) is 17.2. The van der Waals surface area contributed by atoms with E-state index in [0.717, 1.165) is 36.4 Å². The monoisotopic (exact) mass is 473 g/mol. The second-order valence-corrected chi connectivity index (χ2v) is 8.10. The van der Waals surface area contributed by atoms with Crippen LogP contribution in [0.2, 0.25) is 0 Å². The van der Waals surface area contributed by atoms with Crippen molar-refractivity contribution in [3.05, 3.63) is 69.9 Å². The van der Waals surface area contributed by atoms with Crippen molar-refractivity contribution in [3.8, 4) is 0 Å².